The molecule has 216 valence electrons. The molecule has 0 aliphatic rings. The molecule has 1 atom stereocenters. The molecule has 0 heterocycles. The highest BCUT2D eigenvalue weighted by Gasteiger charge is 2.16. The Morgan fingerprint density at radius 2 is 1.74 bits per heavy atom. The van der Waals surface area contributed by atoms with Gasteiger partial charge in [0.2, 0.25) is 0 Å². The lowest BCUT2D eigenvalue weighted by molar-refractivity contribution is 0.0956. The molecule has 9 nitrogen and oxygen atoms in total. The molecule has 0 saturated carbocycles. The Bertz CT molecular complexity index is 1560. The molecule has 2 amide bonds. The van der Waals surface area contributed by atoms with Crippen LogP contribution in [0.4, 0.5) is 5.69 Å². The topological polar surface area (TPSA) is 123 Å². The number of methoxy groups -OCH3 is 1. The van der Waals surface area contributed by atoms with Crippen molar-refractivity contribution in [3.8, 4) is 11.5 Å². The lowest BCUT2D eigenvalue weighted by Gasteiger charge is -2.21. The first-order valence-corrected chi connectivity index (χ1v) is 13.8. The number of phenols is 1. The van der Waals surface area contributed by atoms with Gasteiger partial charge < -0.3 is 20.3 Å². The highest BCUT2D eigenvalue weighted by molar-refractivity contribution is 9.10. The van der Waals surface area contributed by atoms with Gasteiger partial charge in [-0.05, 0) is 78.3 Å². The summed E-state index contributed by atoms with van der Waals surface area (Å²) in [6, 6.07) is 25.8. The van der Waals surface area contributed by atoms with Crippen LogP contribution in [0.1, 0.15) is 43.5 Å². The number of likely N-dealkylation sites (N-methyl/N-ethyl adjacent to an activating group) is 1. The highest BCUT2D eigenvalue weighted by Crippen LogP contribution is 2.23. The zero-order valence-electron chi connectivity index (χ0n) is 23.1. The molecule has 1 unspecified atom stereocenters. The van der Waals surface area contributed by atoms with Crippen LogP contribution in [0.3, 0.4) is 0 Å². The van der Waals surface area contributed by atoms with E-state index in [-0.39, 0.29) is 17.2 Å². The minimum absolute atomic E-state index is 0.151. The lowest BCUT2D eigenvalue weighted by Crippen LogP contribution is -2.24. The van der Waals surface area contributed by atoms with Crippen molar-refractivity contribution in [1.29, 1.82) is 0 Å². The van der Waals surface area contributed by atoms with Gasteiger partial charge in [0.1, 0.15) is 11.5 Å². The van der Waals surface area contributed by atoms with Gasteiger partial charge in [-0.25, -0.2) is 5.43 Å². The second kappa shape index (κ2) is 14.4. The number of aliphatic hydroxyl groups excluding tert-OH is 1. The fraction of sp³-hybridized carbons (Fsp3) is 0.156. The first-order chi connectivity index (χ1) is 20.2. The third-order valence-corrected chi connectivity index (χ3v) is 6.87. The number of nitrogens with one attached hydrogen (secondary N) is 2. The van der Waals surface area contributed by atoms with Gasteiger partial charge in [-0.2, -0.15) is 5.10 Å². The Labute approximate surface area is 252 Å². The summed E-state index contributed by atoms with van der Waals surface area (Å²) >= 11 is 3.38. The average Bonchev–Trinajstić information content (AvgIpc) is 2.98. The van der Waals surface area contributed by atoms with Crippen molar-refractivity contribution >= 4 is 39.6 Å². The van der Waals surface area contributed by atoms with Crippen molar-refractivity contribution in [2.24, 2.45) is 5.10 Å². The first kappa shape index (κ1) is 30.4. The van der Waals surface area contributed by atoms with Gasteiger partial charge in [-0.15, -0.1) is 0 Å². The molecule has 0 spiro atoms. The van der Waals surface area contributed by atoms with Crippen molar-refractivity contribution in [2.45, 2.75) is 12.6 Å². The van der Waals surface area contributed by atoms with E-state index >= 15 is 0 Å². The van der Waals surface area contributed by atoms with Crippen molar-refractivity contribution in [3.05, 3.63) is 123 Å². The summed E-state index contributed by atoms with van der Waals surface area (Å²) in [6.07, 6.45) is 0.800. The van der Waals surface area contributed by atoms with Gasteiger partial charge in [0.25, 0.3) is 11.8 Å². The molecule has 4 N–H and O–H groups in total. The van der Waals surface area contributed by atoms with E-state index < -0.39 is 12.0 Å². The third kappa shape index (κ3) is 8.50. The molecule has 0 aromatic heterocycles. The number of hydrogen-bond acceptors (Lipinski definition) is 7. The minimum atomic E-state index is -0.703. The summed E-state index contributed by atoms with van der Waals surface area (Å²) in [5.74, 6) is -0.0306. The summed E-state index contributed by atoms with van der Waals surface area (Å²) in [4.78, 5) is 27.9. The largest absolute Gasteiger partial charge is 0.508 e. The number of hydrogen-bond donors (Lipinski definition) is 4. The maximum atomic E-state index is 13.0. The van der Waals surface area contributed by atoms with E-state index in [4.69, 9.17) is 4.74 Å². The van der Waals surface area contributed by atoms with Gasteiger partial charge in [-0.3, -0.25) is 14.5 Å². The number of rotatable bonds is 11. The van der Waals surface area contributed by atoms with E-state index in [1.165, 1.54) is 6.21 Å². The number of aliphatic hydroxyl groups is 1. The van der Waals surface area contributed by atoms with Crippen LogP contribution in [-0.4, -0.2) is 53.8 Å². The fourth-order valence-electron chi connectivity index (χ4n) is 4.19. The predicted molar refractivity (Wildman–Crippen MR) is 166 cm³/mol. The maximum absolute atomic E-state index is 13.0. The molecule has 0 aliphatic carbocycles. The van der Waals surface area contributed by atoms with E-state index in [1.807, 2.05) is 42.3 Å². The molecule has 0 fully saturated rings. The molecule has 0 bridgehead atoms. The number of anilines is 1. The smallest absolute Gasteiger partial charge is 0.273 e. The van der Waals surface area contributed by atoms with E-state index in [2.05, 4.69) is 31.8 Å². The second-order valence-corrected chi connectivity index (χ2v) is 10.5. The zero-order chi connectivity index (χ0) is 30.1. The van der Waals surface area contributed by atoms with Crippen LogP contribution in [0.5, 0.6) is 11.5 Å². The van der Waals surface area contributed by atoms with Crippen molar-refractivity contribution in [2.75, 3.05) is 26.0 Å². The van der Waals surface area contributed by atoms with Gasteiger partial charge >= 0.3 is 0 Å². The van der Waals surface area contributed by atoms with E-state index in [1.54, 1.807) is 67.8 Å². The molecule has 0 aliphatic heterocycles. The van der Waals surface area contributed by atoms with Gasteiger partial charge in [0.15, 0.2) is 0 Å². The SMILES string of the molecule is COc1cccc(C=NNC(=O)c2cc(Br)ccc2NC(=O)c2ccc(CN(C)CC(O)c3ccc(O)cc3)cc2)c1. The van der Waals surface area contributed by atoms with Crippen LogP contribution in [0, 0.1) is 0 Å². The lowest BCUT2D eigenvalue weighted by atomic mass is 10.1. The standard InChI is InChI=1S/C32H31BrN4O5/c1-37(20-30(39)23-10-13-26(38)14-11-23)19-21-6-8-24(9-7-21)31(40)35-29-15-12-25(33)17-28(29)32(41)36-34-18-22-4-3-5-27(16-22)42-2/h3-18,30,38-39H,19-20H2,1-2H3,(H,35,40)(H,36,41). The Kier molecular flexibility index (Phi) is 10.4. The second-order valence-electron chi connectivity index (χ2n) is 9.62. The molecule has 0 saturated heterocycles. The Morgan fingerprint density at radius 3 is 2.45 bits per heavy atom. The number of carbonyl (C=O) groups excluding carboxylic acids is 2. The van der Waals surface area contributed by atoms with Crippen molar-refractivity contribution in [3.63, 3.8) is 0 Å². The van der Waals surface area contributed by atoms with Crippen LogP contribution in [0.15, 0.2) is 101 Å². The molecule has 4 rings (SSSR count). The number of ether oxygens (including phenoxy) is 1. The summed E-state index contributed by atoms with van der Waals surface area (Å²) < 4.78 is 5.87. The molecule has 10 heteroatoms. The number of hydrazone groups is 1. The third-order valence-electron chi connectivity index (χ3n) is 6.38. The Hall–Kier alpha value is -4.51. The van der Waals surface area contributed by atoms with Crippen LogP contribution in [0.25, 0.3) is 0 Å². The highest BCUT2D eigenvalue weighted by atomic mass is 79.9. The van der Waals surface area contributed by atoms with Gasteiger partial charge in [-0.1, -0.05) is 52.3 Å². The van der Waals surface area contributed by atoms with Crippen LogP contribution >= 0.6 is 15.9 Å². The van der Waals surface area contributed by atoms with Crippen molar-refractivity contribution < 1.29 is 24.5 Å². The number of benzene rings is 4. The normalized spacial score (nSPS) is 11.8. The molecule has 42 heavy (non-hydrogen) atoms. The zero-order valence-corrected chi connectivity index (χ0v) is 24.7. The van der Waals surface area contributed by atoms with Gasteiger partial charge in [0.05, 0.1) is 30.7 Å². The molecule has 4 aromatic carbocycles. The fourth-order valence-corrected chi connectivity index (χ4v) is 4.55. The van der Waals surface area contributed by atoms with E-state index in [9.17, 15) is 19.8 Å². The summed E-state index contributed by atoms with van der Waals surface area (Å²) in [5.41, 5.74) is 5.94. The van der Waals surface area contributed by atoms with Crippen molar-refractivity contribution in [1.82, 2.24) is 10.3 Å². The van der Waals surface area contributed by atoms with Crippen LogP contribution < -0.4 is 15.5 Å². The quantitative estimate of drug-likeness (QED) is 0.131. The number of halogens is 1. The van der Waals surface area contributed by atoms with Crippen LogP contribution in [-0.2, 0) is 6.54 Å². The van der Waals surface area contributed by atoms with Crippen LogP contribution in [0.2, 0.25) is 0 Å². The van der Waals surface area contributed by atoms with E-state index in [0.717, 1.165) is 16.7 Å². The monoisotopic (exact) mass is 630 g/mol. The molecule has 4 aromatic rings. The number of nitrogens with zero attached hydrogens (tertiary/aromatic N) is 2. The van der Waals surface area contributed by atoms with Gasteiger partial charge in [0, 0.05) is 23.1 Å². The van der Waals surface area contributed by atoms with E-state index in [0.29, 0.717) is 34.6 Å². The molecule has 0 radical (unpaired) electrons. The number of aromatic hydroxyl groups is 1. The first-order valence-electron chi connectivity index (χ1n) is 13.0. The maximum Gasteiger partial charge on any atom is 0.273 e. The number of amides is 2. The Morgan fingerprint density at radius 1 is 1.00 bits per heavy atom. The minimum Gasteiger partial charge on any atom is -0.508 e. The number of carbonyl (C=O) groups is 2. The average molecular weight is 632 g/mol. The molecular weight excluding hydrogens is 600 g/mol. The summed E-state index contributed by atoms with van der Waals surface area (Å²) in [5, 5.41) is 26.8. The summed E-state index contributed by atoms with van der Waals surface area (Å²) in [6.45, 7) is 0.954. The number of phenolic OH excluding ortho intramolecular Hbond substituents is 1. The predicted octanol–water partition coefficient (Wildman–Crippen LogP) is 5.34. The summed E-state index contributed by atoms with van der Waals surface area (Å²) in [7, 11) is 3.47. The molecular formula is C32H31BrN4O5. The Balaban J connectivity index is 1.36.